The minimum atomic E-state index is -0.0174. The van der Waals surface area contributed by atoms with Crippen LogP contribution in [-0.4, -0.2) is 56.8 Å². The Labute approximate surface area is 105 Å². The van der Waals surface area contributed by atoms with E-state index in [9.17, 15) is 4.79 Å². The van der Waals surface area contributed by atoms with Crippen molar-refractivity contribution in [2.45, 2.75) is 32.4 Å². The lowest BCUT2D eigenvalue weighted by Crippen LogP contribution is -2.40. The summed E-state index contributed by atoms with van der Waals surface area (Å²) in [6.45, 7) is 4.05. The Bertz CT molecular complexity index is 407. The Kier molecular flexibility index (Phi) is 4.08. The summed E-state index contributed by atoms with van der Waals surface area (Å²) in [5.41, 5.74) is 5.53. The van der Waals surface area contributed by atoms with Gasteiger partial charge in [-0.05, 0) is 30.2 Å². The van der Waals surface area contributed by atoms with Crippen LogP contribution >= 0.6 is 0 Å². The molecule has 0 unspecified atom stereocenters. The number of nitrogens with two attached hydrogens (primary N) is 1. The summed E-state index contributed by atoms with van der Waals surface area (Å²) in [5, 5.41) is 10.6. The van der Waals surface area contributed by atoms with Crippen LogP contribution in [-0.2, 0) is 16.1 Å². The number of tetrazole rings is 1. The molecule has 8 nitrogen and oxygen atoms in total. The molecule has 1 atom stereocenters. The average Bonchev–Trinajstić information content (AvgIpc) is 2.96. The molecular weight excluding hydrogens is 236 g/mol. The van der Waals surface area contributed by atoms with E-state index in [1.165, 1.54) is 4.68 Å². The Morgan fingerprint density at radius 2 is 2.44 bits per heavy atom. The third-order valence-electron chi connectivity index (χ3n) is 3.06. The van der Waals surface area contributed by atoms with Crippen molar-refractivity contribution in [3.63, 3.8) is 0 Å². The van der Waals surface area contributed by atoms with Crippen molar-refractivity contribution >= 4 is 11.9 Å². The van der Waals surface area contributed by atoms with E-state index in [4.69, 9.17) is 10.5 Å². The van der Waals surface area contributed by atoms with Gasteiger partial charge < -0.3 is 15.4 Å². The number of nitrogens with zero attached hydrogens (tertiary/aromatic N) is 5. The number of rotatable bonds is 5. The highest BCUT2D eigenvalue weighted by molar-refractivity contribution is 5.76. The van der Waals surface area contributed by atoms with E-state index in [1.54, 1.807) is 0 Å². The molecule has 1 aromatic rings. The van der Waals surface area contributed by atoms with Crippen molar-refractivity contribution < 1.29 is 9.53 Å². The van der Waals surface area contributed by atoms with Gasteiger partial charge in [0, 0.05) is 13.2 Å². The maximum atomic E-state index is 12.1. The topological polar surface area (TPSA) is 99.2 Å². The van der Waals surface area contributed by atoms with Gasteiger partial charge in [-0.1, -0.05) is 5.10 Å². The number of carbonyl (C=O) groups excluding carboxylic acids is 1. The second kappa shape index (κ2) is 5.76. The molecule has 1 fully saturated rings. The molecule has 2 rings (SSSR count). The van der Waals surface area contributed by atoms with Gasteiger partial charge in [-0.15, -0.1) is 0 Å². The van der Waals surface area contributed by atoms with Crippen molar-refractivity contribution in [2.75, 3.05) is 25.5 Å². The number of likely N-dealkylation sites (tertiary alicyclic amines) is 1. The Morgan fingerprint density at radius 1 is 1.61 bits per heavy atom. The zero-order valence-corrected chi connectivity index (χ0v) is 10.4. The molecule has 0 bridgehead atoms. The Morgan fingerprint density at radius 3 is 3.11 bits per heavy atom. The molecule has 0 aromatic carbocycles. The van der Waals surface area contributed by atoms with E-state index in [0.717, 1.165) is 19.4 Å². The van der Waals surface area contributed by atoms with Crippen molar-refractivity contribution in [3.8, 4) is 0 Å². The van der Waals surface area contributed by atoms with Crippen LogP contribution in [0, 0.1) is 0 Å². The van der Waals surface area contributed by atoms with Gasteiger partial charge in [0.1, 0.15) is 6.54 Å². The van der Waals surface area contributed by atoms with Crippen LogP contribution in [0.5, 0.6) is 0 Å². The number of ether oxygens (including phenoxy) is 1. The summed E-state index contributed by atoms with van der Waals surface area (Å²) in [6.07, 6.45) is 1.99. The van der Waals surface area contributed by atoms with Crippen molar-refractivity contribution in [1.82, 2.24) is 25.1 Å². The van der Waals surface area contributed by atoms with Crippen LogP contribution in [0.2, 0.25) is 0 Å². The maximum Gasteiger partial charge on any atom is 0.244 e. The molecule has 0 spiro atoms. The van der Waals surface area contributed by atoms with E-state index in [0.29, 0.717) is 13.2 Å². The van der Waals surface area contributed by atoms with E-state index in [1.807, 2.05) is 11.8 Å². The number of carbonyl (C=O) groups is 1. The molecule has 1 saturated heterocycles. The minimum absolute atomic E-state index is 0.0174. The number of nitrogen functional groups attached to an aromatic ring is 1. The minimum Gasteiger partial charge on any atom is -0.380 e. The van der Waals surface area contributed by atoms with Crippen LogP contribution in [0.3, 0.4) is 0 Å². The molecule has 1 amide bonds. The third-order valence-corrected chi connectivity index (χ3v) is 3.06. The maximum absolute atomic E-state index is 12.1. The molecule has 0 radical (unpaired) electrons. The Balaban J connectivity index is 1.93. The summed E-state index contributed by atoms with van der Waals surface area (Å²) in [5.74, 6) is 0.139. The van der Waals surface area contributed by atoms with E-state index in [2.05, 4.69) is 15.5 Å². The molecular formula is C10H18N6O2. The second-order valence-electron chi connectivity index (χ2n) is 4.24. The molecule has 1 aliphatic rings. The van der Waals surface area contributed by atoms with Crippen LogP contribution in [0.1, 0.15) is 19.8 Å². The molecule has 8 heteroatoms. The molecule has 18 heavy (non-hydrogen) atoms. The molecule has 0 saturated carbocycles. The second-order valence-corrected chi connectivity index (χ2v) is 4.24. The van der Waals surface area contributed by atoms with Crippen LogP contribution in [0.15, 0.2) is 0 Å². The monoisotopic (exact) mass is 254 g/mol. The smallest absolute Gasteiger partial charge is 0.244 e. The molecule has 2 heterocycles. The molecule has 1 aromatic heterocycles. The first-order chi connectivity index (χ1) is 8.72. The molecule has 100 valence electrons. The largest absolute Gasteiger partial charge is 0.380 e. The van der Waals surface area contributed by atoms with Gasteiger partial charge in [0.25, 0.3) is 0 Å². The predicted octanol–water partition coefficient (Wildman–Crippen LogP) is -0.717. The number of anilines is 1. The normalized spacial score (nSPS) is 19.4. The first kappa shape index (κ1) is 12.7. The van der Waals surface area contributed by atoms with E-state index >= 15 is 0 Å². The SMILES string of the molecule is CCOC[C@H]1CCCN1C(=O)Cn1nnnc1N. The van der Waals surface area contributed by atoms with Gasteiger partial charge in [-0.25, -0.2) is 4.68 Å². The lowest BCUT2D eigenvalue weighted by Gasteiger charge is -2.24. The van der Waals surface area contributed by atoms with Gasteiger partial charge in [0.05, 0.1) is 12.6 Å². The first-order valence-corrected chi connectivity index (χ1v) is 6.11. The van der Waals surface area contributed by atoms with Crippen LogP contribution in [0.25, 0.3) is 0 Å². The van der Waals surface area contributed by atoms with Crippen LogP contribution in [0.4, 0.5) is 5.95 Å². The van der Waals surface area contributed by atoms with Gasteiger partial charge in [-0.3, -0.25) is 4.79 Å². The number of aromatic nitrogens is 4. The quantitative estimate of drug-likeness (QED) is 0.744. The van der Waals surface area contributed by atoms with Gasteiger partial charge in [-0.2, -0.15) is 0 Å². The zero-order valence-electron chi connectivity index (χ0n) is 10.4. The number of hydrogen-bond donors (Lipinski definition) is 1. The highest BCUT2D eigenvalue weighted by atomic mass is 16.5. The number of amides is 1. The number of hydrogen-bond acceptors (Lipinski definition) is 6. The Hall–Kier alpha value is -1.70. The molecule has 1 aliphatic heterocycles. The van der Waals surface area contributed by atoms with Gasteiger partial charge in [0.2, 0.25) is 11.9 Å². The zero-order chi connectivity index (χ0) is 13.0. The summed E-state index contributed by atoms with van der Waals surface area (Å²) in [4.78, 5) is 14.0. The van der Waals surface area contributed by atoms with Crippen molar-refractivity contribution in [3.05, 3.63) is 0 Å². The lowest BCUT2D eigenvalue weighted by atomic mass is 10.2. The van der Waals surface area contributed by atoms with E-state index in [-0.39, 0.29) is 24.4 Å². The van der Waals surface area contributed by atoms with Crippen molar-refractivity contribution in [2.24, 2.45) is 0 Å². The summed E-state index contributed by atoms with van der Waals surface area (Å²) in [6, 6.07) is 0.162. The summed E-state index contributed by atoms with van der Waals surface area (Å²) >= 11 is 0. The highest BCUT2D eigenvalue weighted by Crippen LogP contribution is 2.18. The van der Waals surface area contributed by atoms with Gasteiger partial charge >= 0.3 is 0 Å². The average molecular weight is 254 g/mol. The van der Waals surface area contributed by atoms with Gasteiger partial charge in [0.15, 0.2) is 0 Å². The molecule has 2 N–H and O–H groups in total. The van der Waals surface area contributed by atoms with Crippen molar-refractivity contribution in [1.29, 1.82) is 0 Å². The van der Waals surface area contributed by atoms with E-state index < -0.39 is 0 Å². The third kappa shape index (κ3) is 2.76. The first-order valence-electron chi connectivity index (χ1n) is 6.11. The highest BCUT2D eigenvalue weighted by Gasteiger charge is 2.29. The summed E-state index contributed by atoms with van der Waals surface area (Å²) in [7, 11) is 0. The lowest BCUT2D eigenvalue weighted by molar-refractivity contribution is -0.133. The fourth-order valence-electron chi connectivity index (χ4n) is 2.13. The molecule has 0 aliphatic carbocycles. The predicted molar refractivity (Wildman–Crippen MR) is 63.5 cm³/mol. The van der Waals surface area contributed by atoms with Crippen LogP contribution < -0.4 is 5.73 Å². The standard InChI is InChI=1S/C10H18N6O2/c1-2-18-7-8-4-3-5-15(8)9(17)6-16-10(11)12-13-14-16/h8H,2-7H2,1H3,(H2,11,12,14)/t8-/m1/s1. The summed E-state index contributed by atoms with van der Waals surface area (Å²) < 4.78 is 6.70. The fourth-order valence-corrected chi connectivity index (χ4v) is 2.13. The fraction of sp³-hybridized carbons (Fsp3) is 0.800.